The van der Waals surface area contributed by atoms with Crippen LogP contribution in [0.2, 0.25) is 0 Å². The van der Waals surface area contributed by atoms with Crippen LogP contribution in [0.4, 0.5) is 10.2 Å². The van der Waals surface area contributed by atoms with Gasteiger partial charge in [0.25, 0.3) is 0 Å². The highest BCUT2D eigenvalue weighted by Gasteiger charge is 2.05. The second-order valence-corrected chi connectivity index (χ2v) is 4.84. The van der Waals surface area contributed by atoms with E-state index in [0.717, 1.165) is 17.0 Å². The third kappa shape index (κ3) is 2.34. The van der Waals surface area contributed by atoms with Gasteiger partial charge in [-0.2, -0.15) is 5.10 Å². The first-order chi connectivity index (χ1) is 9.63. The van der Waals surface area contributed by atoms with Crippen molar-refractivity contribution in [2.75, 3.05) is 5.32 Å². The third-order valence-electron chi connectivity index (χ3n) is 3.23. The summed E-state index contributed by atoms with van der Waals surface area (Å²) in [7, 11) is 0. The average molecular weight is 270 g/mol. The van der Waals surface area contributed by atoms with Crippen LogP contribution in [0.15, 0.2) is 36.7 Å². The Morgan fingerprint density at radius 2 is 1.95 bits per heavy atom. The molecule has 2 heterocycles. The minimum absolute atomic E-state index is 0.132. The molecule has 2 aromatic heterocycles. The smallest absolute Gasteiger partial charge is 0.157 e. The van der Waals surface area contributed by atoms with Gasteiger partial charge in [0, 0.05) is 18.8 Å². The number of halogens is 1. The quantitative estimate of drug-likeness (QED) is 0.795. The van der Waals surface area contributed by atoms with Crippen molar-refractivity contribution in [1.29, 1.82) is 0 Å². The van der Waals surface area contributed by atoms with Gasteiger partial charge in [0.1, 0.15) is 11.6 Å². The van der Waals surface area contributed by atoms with Gasteiger partial charge in [0.15, 0.2) is 5.65 Å². The highest BCUT2D eigenvalue weighted by atomic mass is 19.1. The second kappa shape index (κ2) is 4.92. The molecule has 0 amide bonds. The lowest BCUT2D eigenvalue weighted by atomic mass is 10.1. The maximum atomic E-state index is 13.6. The predicted octanol–water partition coefficient (Wildman–Crippen LogP) is 3.10. The van der Waals surface area contributed by atoms with E-state index < -0.39 is 0 Å². The normalized spacial score (nSPS) is 10.9. The summed E-state index contributed by atoms with van der Waals surface area (Å²) in [6.07, 6.45) is 3.56. The van der Waals surface area contributed by atoms with E-state index in [2.05, 4.69) is 15.4 Å². The number of fused-ring (bicyclic) bond motifs is 1. The number of anilines is 1. The molecule has 0 aliphatic heterocycles. The SMILES string of the molecule is Cc1cc(CNc2ccn3nccc3n2)cc(C)c1F. The molecule has 1 N–H and O–H groups in total. The van der Waals surface area contributed by atoms with Gasteiger partial charge in [0.05, 0.1) is 6.20 Å². The first-order valence-electron chi connectivity index (χ1n) is 6.43. The molecule has 0 aliphatic carbocycles. The number of hydrogen-bond acceptors (Lipinski definition) is 3. The first-order valence-corrected chi connectivity index (χ1v) is 6.43. The zero-order chi connectivity index (χ0) is 14.1. The van der Waals surface area contributed by atoms with E-state index in [-0.39, 0.29) is 5.82 Å². The van der Waals surface area contributed by atoms with Crippen molar-refractivity contribution in [2.24, 2.45) is 0 Å². The maximum absolute atomic E-state index is 13.6. The summed E-state index contributed by atoms with van der Waals surface area (Å²) >= 11 is 0. The lowest BCUT2D eigenvalue weighted by Gasteiger charge is -2.09. The Kier molecular flexibility index (Phi) is 3.10. The lowest BCUT2D eigenvalue weighted by molar-refractivity contribution is 0.608. The molecule has 4 nitrogen and oxygen atoms in total. The zero-order valence-corrected chi connectivity index (χ0v) is 11.4. The Bertz CT molecular complexity index is 740. The maximum Gasteiger partial charge on any atom is 0.157 e. The van der Waals surface area contributed by atoms with Crippen molar-refractivity contribution in [3.05, 3.63) is 59.2 Å². The summed E-state index contributed by atoms with van der Waals surface area (Å²) in [5.41, 5.74) is 3.17. The van der Waals surface area contributed by atoms with Gasteiger partial charge < -0.3 is 5.32 Å². The Balaban J connectivity index is 1.78. The fourth-order valence-corrected chi connectivity index (χ4v) is 2.24. The van der Waals surface area contributed by atoms with E-state index in [0.29, 0.717) is 17.7 Å². The molecule has 0 bridgehead atoms. The zero-order valence-electron chi connectivity index (χ0n) is 11.4. The van der Waals surface area contributed by atoms with Crippen LogP contribution in [0.5, 0.6) is 0 Å². The summed E-state index contributed by atoms with van der Waals surface area (Å²) < 4.78 is 15.3. The molecule has 0 fully saturated rings. The van der Waals surface area contributed by atoms with Crippen molar-refractivity contribution in [1.82, 2.24) is 14.6 Å². The van der Waals surface area contributed by atoms with Crippen LogP contribution in [0.25, 0.3) is 5.65 Å². The van der Waals surface area contributed by atoms with E-state index in [1.54, 1.807) is 24.6 Å². The van der Waals surface area contributed by atoms with Gasteiger partial charge in [-0.1, -0.05) is 12.1 Å². The number of hydrogen-bond donors (Lipinski definition) is 1. The van der Waals surface area contributed by atoms with Crippen LogP contribution >= 0.6 is 0 Å². The predicted molar refractivity (Wildman–Crippen MR) is 76.2 cm³/mol. The lowest BCUT2D eigenvalue weighted by Crippen LogP contribution is -2.04. The number of nitrogens with zero attached hydrogens (tertiary/aromatic N) is 3. The molecule has 1 aromatic carbocycles. The van der Waals surface area contributed by atoms with Gasteiger partial charge in [-0.15, -0.1) is 0 Å². The summed E-state index contributed by atoms with van der Waals surface area (Å²) in [6, 6.07) is 7.42. The molecule has 0 unspecified atom stereocenters. The minimum Gasteiger partial charge on any atom is -0.366 e. The van der Waals surface area contributed by atoms with E-state index in [4.69, 9.17) is 0 Å². The molecule has 0 spiro atoms. The van der Waals surface area contributed by atoms with Gasteiger partial charge in [0.2, 0.25) is 0 Å². The molecule has 0 saturated carbocycles. The number of benzene rings is 1. The van der Waals surface area contributed by atoms with Gasteiger partial charge in [-0.25, -0.2) is 13.9 Å². The molecular formula is C15H15FN4. The molecule has 0 atom stereocenters. The van der Waals surface area contributed by atoms with Crippen molar-refractivity contribution >= 4 is 11.5 Å². The first kappa shape index (κ1) is 12.6. The second-order valence-electron chi connectivity index (χ2n) is 4.84. The van der Waals surface area contributed by atoms with Crippen molar-refractivity contribution in [2.45, 2.75) is 20.4 Å². The van der Waals surface area contributed by atoms with Crippen LogP contribution < -0.4 is 5.32 Å². The highest BCUT2D eigenvalue weighted by Crippen LogP contribution is 2.16. The standard InChI is InChI=1S/C15H15FN4/c1-10-7-12(8-11(2)15(10)16)9-17-13-4-6-20-14(19-13)3-5-18-20/h3-8H,9H2,1-2H3,(H,17,19). The Morgan fingerprint density at radius 3 is 2.70 bits per heavy atom. The van der Waals surface area contributed by atoms with Crippen LogP contribution in [-0.2, 0) is 6.54 Å². The number of aryl methyl sites for hydroxylation is 2. The van der Waals surface area contributed by atoms with E-state index in [1.165, 1.54) is 0 Å². The summed E-state index contributed by atoms with van der Waals surface area (Å²) in [5.74, 6) is 0.644. The average Bonchev–Trinajstić information content (AvgIpc) is 2.89. The van der Waals surface area contributed by atoms with Crippen LogP contribution in [0.3, 0.4) is 0 Å². The van der Waals surface area contributed by atoms with E-state index in [1.807, 2.05) is 30.5 Å². The van der Waals surface area contributed by atoms with Crippen LogP contribution in [-0.4, -0.2) is 14.6 Å². The Hall–Kier alpha value is -2.43. The van der Waals surface area contributed by atoms with Crippen molar-refractivity contribution in [3.8, 4) is 0 Å². The number of rotatable bonds is 3. The van der Waals surface area contributed by atoms with Gasteiger partial charge >= 0.3 is 0 Å². The topological polar surface area (TPSA) is 42.2 Å². The van der Waals surface area contributed by atoms with Crippen LogP contribution in [0, 0.1) is 19.7 Å². The van der Waals surface area contributed by atoms with E-state index >= 15 is 0 Å². The summed E-state index contributed by atoms with van der Waals surface area (Å²) in [5, 5.41) is 7.34. The van der Waals surface area contributed by atoms with Crippen molar-refractivity contribution < 1.29 is 4.39 Å². The third-order valence-corrected chi connectivity index (χ3v) is 3.23. The largest absolute Gasteiger partial charge is 0.366 e. The molecule has 0 aliphatic rings. The Labute approximate surface area is 116 Å². The molecule has 102 valence electrons. The minimum atomic E-state index is -0.132. The highest BCUT2D eigenvalue weighted by molar-refractivity contribution is 5.46. The Morgan fingerprint density at radius 1 is 1.20 bits per heavy atom. The molecule has 20 heavy (non-hydrogen) atoms. The monoisotopic (exact) mass is 270 g/mol. The molecule has 3 rings (SSSR count). The molecule has 3 aromatic rings. The summed E-state index contributed by atoms with van der Waals surface area (Å²) in [6.45, 7) is 4.17. The van der Waals surface area contributed by atoms with E-state index in [9.17, 15) is 4.39 Å². The van der Waals surface area contributed by atoms with Gasteiger partial charge in [-0.3, -0.25) is 0 Å². The number of nitrogens with one attached hydrogen (secondary N) is 1. The fraction of sp³-hybridized carbons (Fsp3) is 0.200. The summed E-state index contributed by atoms with van der Waals surface area (Å²) in [4.78, 5) is 4.43. The molecule has 5 heteroatoms. The number of aromatic nitrogens is 3. The molecule has 0 radical (unpaired) electrons. The van der Waals surface area contributed by atoms with Crippen molar-refractivity contribution in [3.63, 3.8) is 0 Å². The fourth-order valence-electron chi connectivity index (χ4n) is 2.24. The molecule has 0 saturated heterocycles. The van der Waals surface area contributed by atoms with Gasteiger partial charge in [-0.05, 0) is 36.6 Å². The molecular weight excluding hydrogens is 255 g/mol. The van der Waals surface area contributed by atoms with Crippen LogP contribution in [0.1, 0.15) is 16.7 Å².